The van der Waals surface area contributed by atoms with Crippen LogP contribution in [0.1, 0.15) is 17.2 Å². The molecule has 0 aliphatic rings. The fraction of sp³-hybridized carbons (Fsp3) is 0.0833. The molecule has 2 nitrogen and oxygen atoms in total. The number of halogens is 2. The van der Waals surface area contributed by atoms with E-state index in [4.69, 9.17) is 17.3 Å². The van der Waals surface area contributed by atoms with E-state index in [2.05, 4.69) is 4.98 Å². The lowest BCUT2D eigenvalue weighted by Crippen LogP contribution is -2.11. The lowest BCUT2D eigenvalue weighted by molar-refractivity contribution is 0.868. The average molecular weight is 255 g/mol. The monoisotopic (exact) mass is 254 g/mol. The van der Waals surface area contributed by atoms with Crippen molar-refractivity contribution in [3.8, 4) is 0 Å². The molecular weight excluding hydrogens is 243 g/mol. The van der Waals surface area contributed by atoms with Gasteiger partial charge in [0, 0.05) is 17.4 Å². The summed E-state index contributed by atoms with van der Waals surface area (Å²) in [6.07, 6.45) is 3.48. The van der Waals surface area contributed by atoms with E-state index in [1.54, 1.807) is 12.4 Å². The number of nitrogens with zero attached hydrogens (tertiary/aromatic N) is 1. The Morgan fingerprint density at radius 3 is 2.00 bits per heavy atom. The van der Waals surface area contributed by atoms with Crippen LogP contribution >= 0.6 is 24.0 Å². The van der Waals surface area contributed by atoms with Gasteiger partial charge < -0.3 is 5.73 Å². The molecule has 4 heteroatoms. The van der Waals surface area contributed by atoms with Gasteiger partial charge in [0.2, 0.25) is 0 Å². The predicted molar refractivity (Wildman–Crippen MR) is 69.0 cm³/mol. The third-order valence-electron chi connectivity index (χ3n) is 2.29. The van der Waals surface area contributed by atoms with Crippen LogP contribution in [0, 0.1) is 0 Å². The molecule has 0 radical (unpaired) electrons. The van der Waals surface area contributed by atoms with Crippen molar-refractivity contribution in [3.05, 3.63) is 64.9 Å². The maximum absolute atomic E-state index is 6.10. The van der Waals surface area contributed by atoms with Gasteiger partial charge in [0.05, 0.1) is 6.04 Å². The van der Waals surface area contributed by atoms with Crippen molar-refractivity contribution in [1.29, 1.82) is 0 Å². The number of nitrogens with two attached hydrogens (primary N) is 1. The largest absolute Gasteiger partial charge is 0.320 e. The van der Waals surface area contributed by atoms with Crippen molar-refractivity contribution in [1.82, 2.24) is 4.98 Å². The Hall–Kier alpha value is -1.09. The van der Waals surface area contributed by atoms with Crippen LogP contribution in [0.4, 0.5) is 0 Å². The first-order valence-electron chi connectivity index (χ1n) is 4.68. The summed E-state index contributed by atoms with van der Waals surface area (Å²) in [6.45, 7) is 0. The van der Waals surface area contributed by atoms with Gasteiger partial charge in [0.25, 0.3) is 0 Å². The van der Waals surface area contributed by atoms with Gasteiger partial charge in [-0.3, -0.25) is 4.98 Å². The summed E-state index contributed by atoms with van der Waals surface area (Å²) >= 11 is 5.81. The van der Waals surface area contributed by atoms with E-state index in [0.29, 0.717) is 0 Å². The zero-order chi connectivity index (χ0) is 10.7. The molecule has 0 saturated heterocycles. The Bertz CT molecular complexity index is 429. The molecule has 1 heterocycles. The van der Waals surface area contributed by atoms with Gasteiger partial charge in [0.1, 0.15) is 0 Å². The topological polar surface area (TPSA) is 38.9 Å². The Kier molecular flexibility index (Phi) is 4.74. The maximum atomic E-state index is 6.10. The van der Waals surface area contributed by atoms with Crippen LogP contribution in [0.3, 0.4) is 0 Å². The summed E-state index contributed by atoms with van der Waals surface area (Å²) in [6, 6.07) is 11.3. The number of benzene rings is 1. The Balaban J connectivity index is 0.00000128. The van der Waals surface area contributed by atoms with Crippen LogP contribution in [-0.4, -0.2) is 4.98 Å². The van der Waals surface area contributed by atoms with Crippen LogP contribution < -0.4 is 5.73 Å². The second-order valence-electron chi connectivity index (χ2n) is 3.31. The Morgan fingerprint density at radius 1 is 0.938 bits per heavy atom. The van der Waals surface area contributed by atoms with Crippen LogP contribution in [0.5, 0.6) is 0 Å². The molecule has 2 aromatic rings. The normalized spacial score (nSPS) is 11.6. The summed E-state index contributed by atoms with van der Waals surface area (Å²) in [7, 11) is 0. The third-order valence-corrected chi connectivity index (χ3v) is 2.55. The van der Waals surface area contributed by atoms with Gasteiger partial charge in [-0.05, 0) is 35.4 Å². The molecule has 0 aliphatic carbocycles. The lowest BCUT2D eigenvalue weighted by atomic mass is 10.0. The highest BCUT2D eigenvalue weighted by molar-refractivity contribution is 6.30. The molecule has 16 heavy (non-hydrogen) atoms. The lowest BCUT2D eigenvalue weighted by Gasteiger charge is -2.11. The molecule has 0 saturated carbocycles. The smallest absolute Gasteiger partial charge is 0.0552 e. The Labute approximate surface area is 106 Å². The second kappa shape index (κ2) is 5.85. The van der Waals surface area contributed by atoms with Crippen LogP contribution in [0.15, 0.2) is 48.8 Å². The van der Waals surface area contributed by atoms with Gasteiger partial charge in [-0.25, -0.2) is 0 Å². The molecule has 1 atom stereocenters. The van der Waals surface area contributed by atoms with Gasteiger partial charge in [-0.15, -0.1) is 12.4 Å². The molecule has 2 N–H and O–H groups in total. The zero-order valence-electron chi connectivity index (χ0n) is 8.51. The fourth-order valence-corrected chi connectivity index (χ4v) is 1.56. The number of hydrogen-bond acceptors (Lipinski definition) is 2. The highest BCUT2D eigenvalue weighted by atomic mass is 35.5. The summed E-state index contributed by atoms with van der Waals surface area (Å²) in [5, 5.41) is 0.723. The summed E-state index contributed by atoms with van der Waals surface area (Å²) < 4.78 is 0. The average Bonchev–Trinajstić information content (AvgIpc) is 2.30. The molecule has 0 fully saturated rings. The first-order chi connectivity index (χ1) is 7.27. The van der Waals surface area contributed by atoms with Gasteiger partial charge in [-0.1, -0.05) is 23.7 Å². The summed E-state index contributed by atoms with van der Waals surface area (Å²) in [4.78, 5) is 3.96. The molecule has 2 rings (SSSR count). The van der Waals surface area contributed by atoms with Crippen LogP contribution in [-0.2, 0) is 0 Å². The van der Waals surface area contributed by atoms with E-state index in [1.807, 2.05) is 36.4 Å². The van der Waals surface area contributed by atoms with Crippen molar-refractivity contribution >= 4 is 24.0 Å². The number of rotatable bonds is 2. The van der Waals surface area contributed by atoms with Crippen molar-refractivity contribution in [2.24, 2.45) is 5.73 Å². The number of aromatic nitrogens is 1. The van der Waals surface area contributed by atoms with E-state index >= 15 is 0 Å². The molecule has 0 bridgehead atoms. The van der Waals surface area contributed by atoms with Gasteiger partial charge in [0.15, 0.2) is 0 Å². The first kappa shape index (κ1) is 13.0. The van der Waals surface area contributed by atoms with E-state index in [-0.39, 0.29) is 18.4 Å². The first-order valence-corrected chi connectivity index (χ1v) is 5.06. The maximum Gasteiger partial charge on any atom is 0.0552 e. The Morgan fingerprint density at radius 2 is 1.44 bits per heavy atom. The fourth-order valence-electron chi connectivity index (χ4n) is 1.43. The molecule has 0 aliphatic heterocycles. The quantitative estimate of drug-likeness (QED) is 0.894. The van der Waals surface area contributed by atoms with Crippen LogP contribution in [0.2, 0.25) is 5.02 Å². The van der Waals surface area contributed by atoms with Crippen molar-refractivity contribution < 1.29 is 0 Å². The number of pyridine rings is 1. The SMILES string of the molecule is Cl.NC(c1ccncc1)c1ccc(Cl)cc1. The molecule has 1 unspecified atom stereocenters. The molecular formula is C12H12Cl2N2. The van der Waals surface area contributed by atoms with Gasteiger partial charge >= 0.3 is 0 Å². The molecule has 84 valence electrons. The highest BCUT2D eigenvalue weighted by Gasteiger charge is 2.07. The molecule has 0 spiro atoms. The molecule has 0 amide bonds. The second-order valence-corrected chi connectivity index (χ2v) is 3.75. The minimum Gasteiger partial charge on any atom is -0.320 e. The van der Waals surface area contributed by atoms with E-state index in [9.17, 15) is 0 Å². The van der Waals surface area contributed by atoms with E-state index in [1.165, 1.54) is 0 Å². The summed E-state index contributed by atoms with van der Waals surface area (Å²) in [5.74, 6) is 0. The van der Waals surface area contributed by atoms with E-state index in [0.717, 1.165) is 16.1 Å². The zero-order valence-corrected chi connectivity index (χ0v) is 10.1. The van der Waals surface area contributed by atoms with Crippen molar-refractivity contribution in [2.75, 3.05) is 0 Å². The highest BCUT2D eigenvalue weighted by Crippen LogP contribution is 2.20. The minimum atomic E-state index is -0.120. The minimum absolute atomic E-state index is 0. The summed E-state index contributed by atoms with van der Waals surface area (Å²) in [5.41, 5.74) is 8.19. The standard InChI is InChI=1S/C12H11ClN2.ClH/c13-11-3-1-9(2-4-11)12(14)10-5-7-15-8-6-10;/h1-8,12H,14H2;1H. The van der Waals surface area contributed by atoms with Crippen molar-refractivity contribution in [3.63, 3.8) is 0 Å². The third kappa shape index (κ3) is 2.95. The van der Waals surface area contributed by atoms with Crippen LogP contribution in [0.25, 0.3) is 0 Å². The number of hydrogen-bond donors (Lipinski definition) is 1. The van der Waals surface area contributed by atoms with Gasteiger partial charge in [-0.2, -0.15) is 0 Å². The van der Waals surface area contributed by atoms with E-state index < -0.39 is 0 Å². The van der Waals surface area contributed by atoms with Crippen molar-refractivity contribution in [2.45, 2.75) is 6.04 Å². The molecule has 1 aromatic carbocycles. The molecule has 1 aromatic heterocycles. The predicted octanol–water partition coefficient (Wildman–Crippen LogP) is 3.20.